The van der Waals surface area contributed by atoms with Crippen LogP contribution in [0.5, 0.6) is 0 Å². The van der Waals surface area contributed by atoms with Crippen LogP contribution in [0.1, 0.15) is 25.5 Å². The van der Waals surface area contributed by atoms with Crippen molar-refractivity contribution in [2.45, 2.75) is 32.7 Å². The molecule has 1 aliphatic carbocycles. The zero-order valence-electron chi connectivity index (χ0n) is 10.8. The lowest BCUT2D eigenvalue weighted by Gasteiger charge is -2.23. The van der Waals surface area contributed by atoms with Crippen molar-refractivity contribution in [2.75, 3.05) is 11.9 Å². The molecule has 0 spiro atoms. The minimum Gasteiger partial charge on any atom is -0.347 e. The summed E-state index contributed by atoms with van der Waals surface area (Å²) in [4.78, 5) is 19.0. The molecule has 18 heavy (non-hydrogen) atoms. The Morgan fingerprint density at radius 1 is 1.56 bits per heavy atom. The molecule has 1 fully saturated rings. The Bertz CT molecular complexity index is 643. The third-order valence-electron chi connectivity index (χ3n) is 3.58. The lowest BCUT2D eigenvalue weighted by molar-refractivity contribution is 0.604. The average Bonchev–Trinajstić information content (AvgIpc) is 3.07. The number of hydrogen-bond donors (Lipinski definition) is 0. The molecule has 2 aromatic rings. The van der Waals surface area contributed by atoms with Crippen molar-refractivity contribution < 1.29 is 0 Å². The molecule has 1 saturated carbocycles. The van der Waals surface area contributed by atoms with Gasteiger partial charge >= 0.3 is 0 Å². The zero-order chi connectivity index (χ0) is 12.9. The van der Waals surface area contributed by atoms with Crippen molar-refractivity contribution in [1.29, 1.82) is 0 Å². The molecule has 96 valence electrons. The van der Waals surface area contributed by atoms with Crippen LogP contribution in [-0.2, 0) is 0 Å². The van der Waals surface area contributed by atoms with Gasteiger partial charge in [0, 0.05) is 24.8 Å². The van der Waals surface area contributed by atoms with Gasteiger partial charge in [0.05, 0.1) is 0 Å². The number of nitrogens with zero attached hydrogens (tertiary/aromatic N) is 4. The summed E-state index contributed by atoms with van der Waals surface area (Å²) in [5.41, 5.74) is 0.639. The van der Waals surface area contributed by atoms with Crippen molar-refractivity contribution in [3.05, 3.63) is 22.1 Å². The monoisotopic (exact) mass is 264 g/mol. The van der Waals surface area contributed by atoms with E-state index in [1.165, 1.54) is 34.8 Å². The Morgan fingerprint density at radius 3 is 2.94 bits per heavy atom. The first-order valence-corrected chi connectivity index (χ1v) is 6.98. The largest absolute Gasteiger partial charge is 0.347 e. The predicted octanol–water partition coefficient (Wildman–Crippen LogP) is 1.69. The Labute approximate surface area is 109 Å². The second-order valence-corrected chi connectivity index (χ2v) is 5.94. The molecule has 1 aliphatic rings. The van der Waals surface area contributed by atoms with Crippen LogP contribution in [0, 0.1) is 12.8 Å². The maximum atomic E-state index is 11.8. The van der Waals surface area contributed by atoms with Gasteiger partial charge in [-0.15, -0.1) is 5.10 Å². The summed E-state index contributed by atoms with van der Waals surface area (Å²) >= 11 is 1.47. The highest BCUT2D eigenvalue weighted by atomic mass is 32.1. The highest BCUT2D eigenvalue weighted by Gasteiger charge is 2.31. The third-order valence-corrected chi connectivity index (χ3v) is 4.58. The van der Waals surface area contributed by atoms with Gasteiger partial charge < -0.3 is 4.90 Å². The number of fused-ring (bicyclic) bond motifs is 1. The van der Waals surface area contributed by atoms with Crippen LogP contribution in [-0.4, -0.2) is 27.7 Å². The molecule has 0 aliphatic heterocycles. The SMILES string of the molecule is Cc1cc(=O)n2nc(N(C)C(C)C3CC3)sc2n1. The van der Waals surface area contributed by atoms with E-state index in [1.54, 1.807) is 0 Å². The molecule has 3 rings (SSSR count). The van der Waals surface area contributed by atoms with Crippen LogP contribution in [0.4, 0.5) is 5.13 Å². The second-order valence-electron chi connectivity index (χ2n) is 5.00. The summed E-state index contributed by atoms with van der Waals surface area (Å²) in [7, 11) is 2.04. The molecule has 6 heteroatoms. The van der Waals surface area contributed by atoms with Crippen LogP contribution in [0.2, 0.25) is 0 Å². The first-order valence-electron chi connectivity index (χ1n) is 6.16. The standard InChI is InChI=1S/C12H16N4OS/c1-7-6-10(17)16-11(13-7)18-12(14-16)15(3)8(2)9-4-5-9/h6,8-9H,4-5H2,1-3H3. The molecule has 2 heterocycles. The molecule has 5 nitrogen and oxygen atoms in total. The van der Waals surface area contributed by atoms with Crippen molar-refractivity contribution in [1.82, 2.24) is 14.6 Å². The average molecular weight is 264 g/mol. The first-order chi connectivity index (χ1) is 8.56. The van der Waals surface area contributed by atoms with E-state index < -0.39 is 0 Å². The molecule has 1 unspecified atom stereocenters. The molecule has 0 N–H and O–H groups in total. The lowest BCUT2D eigenvalue weighted by Crippen LogP contribution is -2.30. The van der Waals surface area contributed by atoms with Crippen molar-refractivity contribution in [2.24, 2.45) is 5.92 Å². The quantitative estimate of drug-likeness (QED) is 0.846. The van der Waals surface area contributed by atoms with Gasteiger partial charge in [-0.1, -0.05) is 11.3 Å². The summed E-state index contributed by atoms with van der Waals surface area (Å²) in [6.07, 6.45) is 2.60. The second kappa shape index (κ2) is 4.05. The summed E-state index contributed by atoms with van der Waals surface area (Å²) in [6, 6.07) is 1.99. The Kier molecular flexibility index (Phi) is 2.62. The zero-order valence-corrected chi connectivity index (χ0v) is 11.6. The number of aryl methyl sites for hydroxylation is 1. The van der Waals surface area contributed by atoms with Crippen LogP contribution < -0.4 is 10.5 Å². The molecule has 0 bridgehead atoms. The fraction of sp³-hybridized carbons (Fsp3) is 0.583. The summed E-state index contributed by atoms with van der Waals surface area (Å²) in [5, 5.41) is 5.24. The number of anilines is 1. The maximum Gasteiger partial charge on any atom is 0.275 e. The van der Waals surface area contributed by atoms with Crippen LogP contribution in [0.3, 0.4) is 0 Å². The Morgan fingerprint density at radius 2 is 2.28 bits per heavy atom. The van der Waals surface area contributed by atoms with E-state index in [0.717, 1.165) is 16.7 Å². The molecule has 0 aromatic carbocycles. The smallest absolute Gasteiger partial charge is 0.275 e. The molecule has 0 saturated heterocycles. The fourth-order valence-electron chi connectivity index (χ4n) is 2.12. The molecular weight excluding hydrogens is 248 g/mol. The van der Waals surface area contributed by atoms with Crippen molar-refractivity contribution >= 4 is 21.4 Å². The first kappa shape index (κ1) is 11.6. The summed E-state index contributed by atoms with van der Waals surface area (Å²) in [5.74, 6) is 0.772. The van der Waals surface area contributed by atoms with Gasteiger partial charge in [-0.05, 0) is 32.6 Å². The Hall–Kier alpha value is -1.43. The van der Waals surface area contributed by atoms with Crippen molar-refractivity contribution in [3.63, 3.8) is 0 Å². The normalized spacial score (nSPS) is 17.1. The van der Waals surface area contributed by atoms with Gasteiger partial charge in [-0.25, -0.2) is 4.98 Å². The minimum atomic E-state index is -0.104. The Balaban J connectivity index is 2.02. The summed E-state index contributed by atoms with van der Waals surface area (Å²) in [6.45, 7) is 4.04. The fourth-order valence-corrected chi connectivity index (χ4v) is 3.12. The van der Waals surface area contributed by atoms with E-state index in [-0.39, 0.29) is 5.56 Å². The summed E-state index contributed by atoms with van der Waals surface area (Å²) < 4.78 is 1.39. The van der Waals surface area contributed by atoms with E-state index in [4.69, 9.17) is 0 Å². The topological polar surface area (TPSA) is 50.5 Å². The maximum absolute atomic E-state index is 11.8. The predicted molar refractivity (Wildman–Crippen MR) is 72.5 cm³/mol. The van der Waals surface area contributed by atoms with E-state index in [0.29, 0.717) is 11.0 Å². The molecular formula is C12H16N4OS. The van der Waals surface area contributed by atoms with E-state index in [2.05, 4.69) is 21.9 Å². The van der Waals surface area contributed by atoms with Gasteiger partial charge in [0.2, 0.25) is 10.1 Å². The lowest BCUT2D eigenvalue weighted by atomic mass is 10.2. The van der Waals surface area contributed by atoms with Gasteiger partial charge in [0.25, 0.3) is 5.56 Å². The van der Waals surface area contributed by atoms with Crippen LogP contribution in [0.25, 0.3) is 4.96 Å². The minimum absolute atomic E-state index is 0.104. The van der Waals surface area contributed by atoms with E-state index in [9.17, 15) is 4.79 Å². The molecule has 0 radical (unpaired) electrons. The van der Waals surface area contributed by atoms with Gasteiger partial charge in [-0.3, -0.25) is 4.79 Å². The number of rotatable bonds is 3. The van der Waals surface area contributed by atoms with Crippen LogP contribution in [0.15, 0.2) is 10.9 Å². The van der Waals surface area contributed by atoms with Crippen molar-refractivity contribution in [3.8, 4) is 0 Å². The van der Waals surface area contributed by atoms with E-state index >= 15 is 0 Å². The van der Waals surface area contributed by atoms with Gasteiger partial charge in [-0.2, -0.15) is 4.52 Å². The third kappa shape index (κ3) is 1.90. The molecule has 1 atom stereocenters. The van der Waals surface area contributed by atoms with Crippen LogP contribution >= 0.6 is 11.3 Å². The number of hydrogen-bond acceptors (Lipinski definition) is 5. The highest BCUT2D eigenvalue weighted by molar-refractivity contribution is 7.20. The molecule has 0 amide bonds. The number of aromatic nitrogens is 3. The molecule has 2 aromatic heterocycles. The van der Waals surface area contributed by atoms with Gasteiger partial charge in [0.1, 0.15) is 0 Å². The highest BCUT2D eigenvalue weighted by Crippen LogP contribution is 2.36. The van der Waals surface area contributed by atoms with Gasteiger partial charge in [0.15, 0.2) is 0 Å². The van der Waals surface area contributed by atoms with E-state index in [1.807, 2.05) is 14.0 Å².